The lowest BCUT2D eigenvalue weighted by atomic mass is 10.4. The van der Waals surface area contributed by atoms with E-state index < -0.39 is 0 Å². The van der Waals surface area contributed by atoms with E-state index in [1.807, 2.05) is 16.7 Å². The molecule has 0 radical (unpaired) electrons. The quantitative estimate of drug-likeness (QED) is 0.653. The van der Waals surface area contributed by atoms with Gasteiger partial charge >= 0.3 is 0 Å². The van der Waals surface area contributed by atoms with Gasteiger partial charge in [-0.25, -0.2) is 0 Å². The molecule has 0 saturated carbocycles. The molecule has 0 spiro atoms. The molecule has 23 heavy (non-hydrogen) atoms. The molecule has 0 aromatic carbocycles. The number of aromatic nitrogens is 3. The molecular formula is C15H22N4O3S. The van der Waals surface area contributed by atoms with Crippen LogP contribution in [0.5, 0.6) is 0 Å². The SMILES string of the molecule is COCCN(Cc1ccco1)C(=O)CSc1nncn1C(C)C. The first kappa shape index (κ1) is 17.6. The summed E-state index contributed by atoms with van der Waals surface area (Å²) in [6.45, 7) is 5.55. The lowest BCUT2D eigenvalue weighted by Gasteiger charge is -2.21. The second-order valence-corrected chi connectivity index (χ2v) is 6.23. The third-order valence-corrected chi connectivity index (χ3v) is 4.21. The number of furan rings is 1. The minimum atomic E-state index is 0.0155. The first-order valence-corrected chi connectivity index (χ1v) is 8.41. The number of methoxy groups -OCH3 is 1. The molecule has 2 aromatic rings. The highest BCUT2D eigenvalue weighted by Crippen LogP contribution is 2.19. The van der Waals surface area contributed by atoms with Crippen molar-refractivity contribution in [2.24, 2.45) is 0 Å². The van der Waals surface area contributed by atoms with Crippen LogP contribution in [0.4, 0.5) is 0 Å². The van der Waals surface area contributed by atoms with E-state index >= 15 is 0 Å². The van der Waals surface area contributed by atoms with Crippen LogP contribution in [0.1, 0.15) is 25.6 Å². The minimum absolute atomic E-state index is 0.0155. The molecule has 0 bridgehead atoms. The highest BCUT2D eigenvalue weighted by atomic mass is 32.2. The third-order valence-electron chi connectivity index (χ3n) is 3.27. The maximum atomic E-state index is 12.5. The lowest BCUT2D eigenvalue weighted by molar-refractivity contribution is -0.129. The summed E-state index contributed by atoms with van der Waals surface area (Å²) in [4.78, 5) is 14.2. The lowest BCUT2D eigenvalue weighted by Crippen LogP contribution is -2.34. The van der Waals surface area contributed by atoms with E-state index in [0.29, 0.717) is 25.4 Å². The van der Waals surface area contributed by atoms with Gasteiger partial charge in [-0.2, -0.15) is 0 Å². The Morgan fingerprint density at radius 3 is 3.00 bits per heavy atom. The van der Waals surface area contributed by atoms with E-state index in [1.165, 1.54) is 11.8 Å². The van der Waals surface area contributed by atoms with Gasteiger partial charge in [0.1, 0.15) is 12.1 Å². The molecule has 0 aliphatic carbocycles. The Balaban J connectivity index is 1.95. The molecule has 0 N–H and O–H groups in total. The predicted molar refractivity (Wildman–Crippen MR) is 87.1 cm³/mol. The summed E-state index contributed by atoms with van der Waals surface area (Å²) in [5.41, 5.74) is 0. The number of carbonyl (C=O) groups is 1. The van der Waals surface area contributed by atoms with E-state index in [4.69, 9.17) is 9.15 Å². The van der Waals surface area contributed by atoms with Gasteiger partial charge in [-0.1, -0.05) is 11.8 Å². The van der Waals surface area contributed by atoms with Crippen molar-refractivity contribution in [2.45, 2.75) is 31.6 Å². The fraction of sp³-hybridized carbons (Fsp3) is 0.533. The largest absolute Gasteiger partial charge is 0.467 e. The first-order chi connectivity index (χ1) is 11.1. The second kappa shape index (κ2) is 8.73. The van der Waals surface area contributed by atoms with Gasteiger partial charge in [0, 0.05) is 19.7 Å². The number of rotatable bonds is 9. The van der Waals surface area contributed by atoms with E-state index in [2.05, 4.69) is 24.0 Å². The highest BCUT2D eigenvalue weighted by molar-refractivity contribution is 7.99. The number of hydrogen-bond acceptors (Lipinski definition) is 6. The molecular weight excluding hydrogens is 316 g/mol. The van der Waals surface area contributed by atoms with Crippen molar-refractivity contribution in [1.82, 2.24) is 19.7 Å². The summed E-state index contributed by atoms with van der Waals surface area (Å²) in [7, 11) is 1.62. The predicted octanol–water partition coefficient (Wildman–Crippen LogP) is 2.22. The Morgan fingerprint density at radius 2 is 2.35 bits per heavy atom. The summed E-state index contributed by atoms with van der Waals surface area (Å²) in [6, 6.07) is 3.93. The molecule has 7 nitrogen and oxygen atoms in total. The first-order valence-electron chi connectivity index (χ1n) is 7.43. The van der Waals surface area contributed by atoms with Crippen molar-refractivity contribution in [3.8, 4) is 0 Å². The number of nitrogens with zero attached hydrogens (tertiary/aromatic N) is 4. The Kier molecular flexibility index (Phi) is 6.66. The molecule has 1 amide bonds. The molecule has 0 unspecified atom stereocenters. The molecule has 0 aliphatic heterocycles. The average Bonchev–Trinajstić information content (AvgIpc) is 3.20. The van der Waals surface area contributed by atoms with Crippen LogP contribution in [-0.4, -0.2) is 51.6 Å². The number of ether oxygens (including phenoxy) is 1. The second-order valence-electron chi connectivity index (χ2n) is 5.29. The Hall–Kier alpha value is -1.80. The number of thioether (sulfide) groups is 1. The zero-order valence-corrected chi connectivity index (χ0v) is 14.5. The minimum Gasteiger partial charge on any atom is -0.467 e. The van der Waals surface area contributed by atoms with E-state index in [9.17, 15) is 4.79 Å². The van der Waals surface area contributed by atoms with E-state index in [1.54, 1.807) is 24.6 Å². The topological polar surface area (TPSA) is 73.4 Å². The summed E-state index contributed by atoms with van der Waals surface area (Å²) >= 11 is 1.39. The molecule has 8 heteroatoms. The summed E-state index contributed by atoms with van der Waals surface area (Å²) in [5.74, 6) is 1.07. The molecule has 2 rings (SSSR count). The molecule has 0 aliphatic rings. The molecule has 0 fully saturated rings. The maximum Gasteiger partial charge on any atom is 0.233 e. The van der Waals surface area contributed by atoms with E-state index in [-0.39, 0.29) is 11.9 Å². The van der Waals surface area contributed by atoms with Crippen LogP contribution in [-0.2, 0) is 16.1 Å². The van der Waals surface area contributed by atoms with Crippen molar-refractivity contribution in [3.05, 3.63) is 30.5 Å². The monoisotopic (exact) mass is 338 g/mol. The van der Waals surface area contributed by atoms with Gasteiger partial charge in [-0.3, -0.25) is 4.79 Å². The van der Waals surface area contributed by atoms with Crippen molar-refractivity contribution in [3.63, 3.8) is 0 Å². The van der Waals surface area contributed by atoms with Gasteiger partial charge in [-0.05, 0) is 26.0 Å². The van der Waals surface area contributed by atoms with Gasteiger partial charge in [0.2, 0.25) is 5.91 Å². The molecule has 2 heterocycles. The van der Waals surface area contributed by atoms with Crippen molar-refractivity contribution in [2.75, 3.05) is 26.0 Å². The number of hydrogen-bond donors (Lipinski definition) is 0. The van der Waals surface area contributed by atoms with Crippen molar-refractivity contribution >= 4 is 17.7 Å². The fourth-order valence-corrected chi connectivity index (χ4v) is 2.94. The Morgan fingerprint density at radius 1 is 1.52 bits per heavy atom. The van der Waals surface area contributed by atoms with Crippen LogP contribution in [0.15, 0.2) is 34.3 Å². The molecule has 126 valence electrons. The Labute approximate surface area is 140 Å². The zero-order chi connectivity index (χ0) is 16.7. The van der Waals surface area contributed by atoms with Crippen molar-refractivity contribution < 1.29 is 13.9 Å². The maximum absolute atomic E-state index is 12.5. The van der Waals surface area contributed by atoms with Crippen LogP contribution in [0.2, 0.25) is 0 Å². The molecule has 2 aromatic heterocycles. The summed E-state index contributed by atoms with van der Waals surface area (Å²) < 4.78 is 12.4. The van der Waals surface area contributed by atoms with Crippen LogP contribution >= 0.6 is 11.8 Å². The molecule has 0 atom stereocenters. The van der Waals surface area contributed by atoms with Crippen LogP contribution in [0.25, 0.3) is 0 Å². The zero-order valence-electron chi connectivity index (χ0n) is 13.6. The molecule has 0 saturated heterocycles. The number of amides is 1. The smallest absolute Gasteiger partial charge is 0.233 e. The van der Waals surface area contributed by atoms with Gasteiger partial charge < -0.3 is 18.6 Å². The number of carbonyl (C=O) groups excluding carboxylic acids is 1. The van der Waals surface area contributed by atoms with Gasteiger partial charge in [-0.15, -0.1) is 10.2 Å². The highest BCUT2D eigenvalue weighted by Gasteiger charge is 2.17. The van der Waals surface area contributed by atoms with Gasteiger partial charge in [0.15, 0.2) is 5.16 Å². The standard InChI is InChI=1S/C15H22N4O3S/c1-12(2)19-11-16-17-15(19)23-10-14(20)18(6-8-21-3)9-13-5-4-7-22-13/h4-5,7,11-12H,6,8-10H2,1-3H3. The summed E-state index contributed by atoms with van der Waals surface area (Å²) in [6.07, 6.45) is 3.29. The van der Waals surface area contributed by atoms with E-state index in [0.717, 1.165) is 10.9 Å². The van der Waals surface area contributed by atoms with Gasteiger partial charge in [0.05, 0.1) is 25.2 Å². The van der Waals surface area contributed by atoms with Crippen molar-refractivity contribution in [1.29, 1.82) is 0 Å². The normalized spacial score (nSPS) is 11.1. The Bertz CT molecular complexity index is 598. The van der Waals surface area contributed by atoms with Crippen LogP contribution < -0.4 is 0 Å². The third kappa shape index (κ3) is 5.11. The average molecular weight is 338 g/mol. The van der Waals surface area contributed by atoms with Crippen LogP contribution in [0, 0.1) is 0 Å². The fourth-order valence-electron chi connectivity index (χ4n) is 1.99. The van der Waals surface area contributed by atoms with Gasteiger partial charge in [0.25, 0.3) is 0 Å². The van der Waals surface area contributed by atoms with Crippen LogP contribution in [0.3, 0.4) is 0 Å². The summed E-state index contributed by atoms with van der Waals surface area (Å²) in [5, 5.41) is 8.73.